The molecule has 0 unspecified atom stereocenters. The standard InChI is InChI=1S/C28H29NO2PS/c1-28(2,3)33(31)26-21-13-20-25(26)27(22-14-7-4-8-15-22)29-32(30,23-16-9-5-10-17-23)24-18-11-6-12-19-24/h4-21,27H,1-3H3,(H,29,30)/t27-,33+/m0/s1. The van der Waals surface area contributed by atoms with Gasteiger partial charge in [0.15, 0.2) is 0 Å². The Morgan fingerprint density at radius 3 is 1.73 bits per heavy atom. The van der Waals surface area contributed by atoms with Crippen LogP contribution in [0.3, 0.4) is 0 Å². The topological polar surface area (TPSA) is 46.2 Å². The van der Waals surface area contributed by atoms with Gasteiger partial charge in [0, 0.05) is 38.1 Å². The van der Waals surface area contributed by atoms with E-state index in [1.165, 1.54) is 0 Å². The third kappa shape index (κ3) is 5.24. The molecule has 1 saturated carbocycles. The van der Waals surface area contributed by atoms with Gasteiger partial charge in [-0.15, -0.1) is 0 Å². The summed E-state index contributed by atoms with van der Waals surface area (Å²) in [4.78, 5) is 0. The highest BCUT2D eigenvalue weighted by Crippen LogP contribution is 2.51. The molecule has 1 fully saturated rings. The van der Waals surface area contributed by atoms with Crippen molar-refractivity contribution >= 4 is 28.7 Å². The van der Waals surface area contributed by atoms with Crippen molar-refractivity contribution in [1.29, 1.82) is 0 Å². The zero-order valence-electron chi connectivity index (χ0n) is 19.1. The van der Waals surface area contributed by atoms with E-state index in [-0.39, 0.29) is 0 Å². The van der Waals surface area contributed by atoms with E-state index in [1.54, 1.807) is 0 Å². The van der Waals surface area contributed by atoms with Crippen molar-refractivity contribution in [3.63, 3.8) is 0 Å². The van der Waals surface area contributed by atoms with Crippen molar-refractivity contribution in [3.05, 3.63) is 127 Å². The Morgan fingerprint density at radius 2 is 1.24 bits per heavy atom. The van der Waals surface area contributed by atoms with E-state index in [1.807, 2.05) is 131 Å². The van der Waals surface area contributed by atoms with Gasteiger partial charge < -0.3 is 0 Å². The Hall–Kier alpha value is -2.00. The molecule has 0 bridgehead atoms. The van der Waals surface area contributed by atoms with Gasteiger partial charge in [-0.05, 0) is 69.9 Å². The number of hydrogen-bond donors (Lipinski definition) is 1. The van der Waals surface area contributed by atoms with Gasteiger partial charge in [0.2, 0.25) is 7.29 Å². The van der Waals surface area contributed by atoms with E-state index >= 15 is 0 Å². The largest absolute Gasteiger partial charge is 0.297 e. The summed E-state index contributed by atoms with van der Waals surface area (Å²) < 4.78 is 27.8. The molecule has 5 radical (unpaired) electrons. The SMILES string of the molecule is CC(C)(C)[S@](=O)[C]1[CH][CH][CH][C]1[C@@H](NP(=O)(c1ccccc1)c1ccccc1)c1ccccc1. The first-order valence-corrected chi connectivity index (χ1v) is 13.9. The first kappa shape index (κ1) is 24.1. The highest BCUT2D eigenvalue weighted by atomic mass is 32.2. The Labute approximate surface area is 200 Å². The molecule has 3 aromatic rings. The lowest BCUT2D eigenvalue weighted by Crippen LogP contribution is -2.37. The van der Waals surface area contributed by atoms with Crippen molar-refractivity contribution < 1.29 is 8.77 Å². The van der Waals surface area contributed by atoms with Gasteiger partial charge in [0.05, 0.1) is 5.25 Å². The van der Waals surface area contributed by atoms with Gasteiger partial charge in [-0.1, -0.05) is 66.7 Å². The average molecular weight is 475 g/mol. The normalized spacial score (nSPS) is 17.7. The number of benzene rings is 3. The number of nitrogens with one attached hydrogen (secondary N) is 1. The molecular weight excluding hydrogens is 445 g/mol. The van der Waals surface area contributed by atoms with Crippen LogP contribution in [0.1, 0.15) is 32.4 Å². The van der Waals surface area contributed by atoms with E-state index in [4.69, 9.17) is 0 Å². The Kier molecular flexibility index (Phi) is 7.38. The highest BCUT2D eigenvalue weighted by molar-refractivity contribution is 7.89. The van der Waals surface area contributed by atoms with Crippen LogP contribution in [0.25, 0.3) is 0 Å². The van der Waals surface area contributed by atoms with Gasteiger partial charge >= 0.3 is 0 Å². The summed E-state index contributed by atoms with van der Waals surface area (Å²) >= 11 is 0. The average Bonchev–Trinajstić information content (AvgIpc) is 3.32. The van der Waals surface area contributed by atoms with Crippen LogP contribution in [0.5, 0.6) is 0 Å². The summed E-state index contributed by atoms with van der Waals surface area (Å²) in [6, 6.07) is 28.7. The van der Waals surface area contributed by atoms with Crippen molar-refractivity contribution in [2.75, 3.05) is 0 Å². The summed E-state index contributed by atoms with van der Waals surface area (Å²) in [5.41, 5.74) is 0.975. The second-order valence-corrected chi connectivity index (χ2v) is 13.7. The Morgan fingerprint density at radius 1 is 0.758 bits per heavy atom. The molecule has 0 saturated heterocycles. The lowest BCUT2D eigenvalue weighted by Gasteiger charge is -2.34. The molecule has 1 N–H and O–H groups in total. The minimum Gasteiger partial charge on any atom is -0.297 e. The van der Waals surface area contributed by atoms with E-state index in [9.17, 15) is 8.77 Å². The number of hydrogen-bond acceptors (Lipinski definition) is 2. The molecule has 0 amide bonds. The van der Waals surface area contributed by atoms with E-state index in [0.717, 1.165) is 27.3 Å². The van der Waals surface area contributed by atoms with Crippen LogP contribution in [0.2, 0.25) is 0 Å². The number of rotatable bonds is 7. The molecule has 5 heteroatoms. The van der Waals surface area contributed by atoms with Gasteiger partial charge in [0.1, 0.15) is 0 Å². The Balaban J connectivity index is 1.81. The highest BCUT2D eigenvalue weighted by Gasteiger charge is 2.45. The van der Waals surface area contributed by atoms with Crippen LogP contribution < -0.4 is 15.7 Å². The first-order chi connectivity index (χ1) is 15.8. The molecule has 4 rings (SSSR count). The molecule has 169 valence electrons. The van der Waals surface area contributed by atoms with Crippen molar-refractivity contribution in [3.8, 4) is 0 Å². The fourth-order valence-electron chi connectivity index (χ4n) is 3.88. The molecule has 3 nitrogen and oxygen atoms in total. The molecule has 0 aromatic heterocycles. The van der Waals surface area contributed by atoms with Crippen LogP contribution in [-0.2, 0) is 15.4 Å². The maximum atomic E-state index is 14.8. The summed E-state index contributed by atoms with van der Waals surface area (Å²) in [5, 5.41) is 5.80. The molecule has 0 aliphatic heterocycles. The molecular formula is C28H29NO2PS. The van der Waals surface area contributed by atoms with Gasteiger partial charge in [-0.25, -0.2) is 0 Å². The third-order valence-electron chi connectivity index (χ3n) is 5.56. The second-order valence-electron chi connectivity index (χ2n) is 8.98. The summed E-state index contributed by atoms with van der Waals surface area (Å²) in [6.07, 6.45) is 5.84. The second kappa shape index (κ2) is 10.1. The van der Waals surface area contributed by atoms with Crippen LogP contribution in [0.4, 0.5) is 0 Å². The van der Waals surface area contributed by atoms with E-state index < -0.39 is 28.9 Å². The quantitative estimate of drug-likeness (QED) is 0.458. The fraction of sp³-hybridized carbons (Fsp3) is 0.179. The molecule has 33 heavy (non-hydrogen) atoms. The maximum absolute atomic E-state index is 14.8. The summed E-state index contributed by atoms with van der Waals surface area (Å²) in [7, 11) is -4.45. The molecule has 0 spiro atoms. The molecule has 0 heterocycles. The van der Waals surface area contributed by atoms with Crippen LogP contribution in [0, 0.1) is 30.4 Å². The smallest absolute Gasteiger partial charge is 0.205 e. The maximum Gasteiger partial charge on any atom is 0.205 e. The van der Waals surface area contributed by atoms with Crippen LogP contribution in [-0.4, -0.2) is 8.96 Å². The monoisotopic (exact) mass is 474 g/mol. The summed E-state index contributed by atoms with van der Waals surface area (Å²) in [6.45, 7) is 5.93. The molecule has 1 aliphatic carbocycles. The Bertz CT molecular complexity index is 1070. The minimum absolute atomic E-state index is 0.395. The molecule has 2 atom stereocenters. The van der Waals surface area contributed by atoms with Gasteiger partial charge in [-0.3, -0.25) is 13.9 Å². The molecule has 3 aromatic carbocycles. The first-order valence-electron chi connectivity index (χ1n) is 11.0. The fourth-order valence-corrected chi connectivity index (χ4v) is 7.57. The van der Waals surface area contributed by atoms with E-state index in [0.29, 0.717) is 0 Å². The van der Waals surface area contributed by atoms with Crippen LogP contribution in [0.15, 0.2) is 91.0 Å². The van der Waals surface area contributed by atoms with E-state index in [2.05, 4.69) is 5.09 Å². The van der Waals surface area contributed by atoms with Crippen molar-refractivity contribution in [2.45, 2.75) is 31.6 Å². The zero-order chi connectivity index (χ0) is 23.5. The predicted octanol–water partition coefficient (Wildman–Crippen LogP) is 5.53. The lowest BCUT2D eigenvalue weighted by atomic mass is 9.92. The van der Waals surface area contributed by atoms with Crippen molar-refractivity contribution in [2.24, 2.45) is 0 Å². The van der Waals surface area contributed by atoms with Gasteiger partial charge in [-0.2, -0.15) is 0 Å². The predicted molar refractivity (Wildman–Crippen MR) is 139 cm³/mol. The van der Waals surface area contributed by atoms with Gasteiger partial charge in [0.25, 0.3) is 0 Å². The van der Waals surface area contributed by atoms with Crippen LogP contribution >= 0.6 is 7.29 Å². The minimum atomic E-state index is -3.23. The molecule has 1 aliphatic rings. The third-order valence-corrected chi connectivity index (χ3v) is 10.1. The van der Waals surface area contributed by atoms with Crippen molar-refractivity contribution in [1.82, 2.24) is 5.09 Å². The summed E-state index contributed by atoms with van der Waals surface area (Å²) in [5.74, 6) is 0.890. The lowest BCUT2D eigenvalue weighted by molar-refractivity contribution is 0.566. The zero-order valence-corrected chi connectivity index (χ0v) is 20.9.